The van der Waals surface area contributed by atoms with Crippen molar-refractivity contribution in [1.29, 1.82) is 0 Å². The summed E-state index contributed by atoms with van der Waals surface area (Å²) in [4.78, 5) is 0. The number of hydrogen-bond donors (Lipinski definition) is 0. The highest BCUT2D eigenvalue weighted by Gasteiger charge is 2.10. The van der Waals surface area contributed by atoms with Crippen LogP contribution >= 0.6 is 0 Å². The molecule has 0 aliphatic rings. The number of allylic oxidation sites excluding steroid dienone is 4. The molecule has 0 heteroatoms. The molecule has 0 unspecified atom stereocenters. The monoisotopic (exact) mass is 278 g/mol. The average molecular weight is 279 g/mol. The van der Waals surface area contributed by atoms with Crippen LogP contribution in [0.2, 0.25) is 0 Å². The standard InChI is InChI=1S/C20H38/c1-6-11-16-18(13-8-3)20(15-10-5)19(14-9-4)17-12-7-2/h16H,6-15,17H2,1-5H3/b18-16+,20-19+. The molecule has 0 aromatic heterocycles. The minimum atomic E-state index is 1.25. The van der Waals surface area contributed by atoms with Gasteiger partial charge in [0.1, 0.15) is 0 Å². The van der Waals surface area contributed by atoms with Crippen LogP contribution in [0, 0.1) is 0 Å². The lowest BCUT2D eigenvalue weighted by Crippen LogP contribution is -1.98. The summed E-state index contributed by atoms with van der Waals surface area (Å²) in [5, 5.41) is 0. The van der Waals surface area contributed by atoms with Gasteiger partial charge in [-0.2, -0.15) is 0 Å². The van der Waals surface area contributed by atoms with E-state index in [9.17, 15) is 0 Å². The Morgan fingerprint density at radius 2 is 1.30 bits per heavy atom. The third-order valence-corrected chi connectivity index (χ3v) is 3.90. The van der Waals surface area contributed by atoms with Crippen LogP contribution in [0.5, 0.6) is 0 Å². The molecule has 0 amide bonds. The van der Waals surface area contributed by atoms with Crippen molar-refractivity contribution in [3.05, 3.63) is 22.8 Å². The summed E-state index contributed by atoms with van der Waals surface area (Å²) in [6, 6.07) is 0. The van der Waals surface area contributed by atoms with E-state index in [1.54, 1.807) is 16.7 Å². The minimum absolute atomic E-state index is 1.25. The van der Waals surface area contributed by atoms with Gasteiger partial charge in [-0.3, -0.25) is 0 Å². The van der Waals surface area contributed by atoms with Crippen molar-refractivity contribution in [1.82, 2.24) is 0 Å². The molecule has 20 heavy (non-hydrogen) atoms. The lowest BCUT2D eigenvalue weighted by Gasteiger charge is -2.18. The molecule has 0 saturated carbocycles. The molecule has 0 radical (unpaired) electrons. The molecule has 0 N–H and O–H groups in total. The topological polar surface area (TPSA) is 0 Å². The van der Waals surface area contributed by atoms with Gasteiger partial charge in [0, 0.05) is 0 Å². The smallest absolute Gasteiger partial charge is 0.0279 e. The Bertz CT molecular complexity index is 280. The summed E-state index contributed by atoms with van der Waals surface area (Å²) >= 11 is 0. The van der Waals surface area contributed by atoms with E-state index in [-0.39, 0.29) is 0 Å². The van der Waals surface area contributed by atoms with Crippen molar-refractivity contribution in [3.63, 3.8) is 0 Å². The second-order valence-corrected chi connectivity index (χ2v) is 5.95. The van der Waals surface area contributed by atoms with E-state index >= 15 is 0 Å². The first-order valence-corrected chi connectivity index (χ1v) is 9.15. The van der Waals surface area contributed by atoms with Crippen LogP contribution in [0.15, 0.2) is 22.8 Å². The van der Waals surface area contributed by atoms with Gasteiger partial charge in [-0.15, -0.1) is 0 Å². The van der Waals surface area contributed by atoms with Gasteiger partial charge in [0.2, 0.25) is 0 Å². The van der Waals surface area contributed by atoms with Gasteiger partial charge in [0.25, 0.3) is 0 Å². The van der Waals surface area contributed by atoms with Crippen LogP contribution < -0.4 is 0 Å². The molecule has 0 spiro atoms. The molecule has 0 rings (SSSR count). The van der Waals surface area contributed by atoms with E-state index in [4.69, 9.17) is 0 Å². The lowest BCUT2D eigenvalue weighted by atomic mass is 9.88. The molecular weight excluding hydrogens is 240 g/mol. The molecule has 118 valence electrons. The maximum atomic E-state index is 2.54. The molecular formula is C20H38. The highest BCUT2D eigenvalue weighted by Crippen LogP contribution is 2.30. The summed E-state index contributed by atoms with van der Waals surface area (Å²) in [7, 11) is 0. The van der Waals surface area contributed by atoms with Crippen molar-refractivity contribution in [3.8, 4) is 0 Å². The van der Waals surface area contributed by atoms with E-state index in [0.717, 1.165) is 0 Å². The Hall–Kier alpha value is -0.520. The van der Waals surface area contributed by atoms with E-state index < -0.39 is 0 Å². The van der Waals surface area contributed by atoms with Gasteiger partial charge in [-0.1, -0.05) is 78.4 Å². The highest BCUT2D eigenvalue weighted by atomic mass is 14.2. The van der Waals surface area contributed by atoms with Crippen molar-refractivity contribution >= 4 is 0 Å². The molecule has 0 bridgehead atoms. The van der Waals surface area contributed by atoms with Gasteiger partial charge < -0.3 is 0 Å². The third kappa shape index (κ3) is 7.92. The second kappa shape index (κ2) is 13.5. The summed E-state index contributed by atoms with van der Waals surface area (Å²) < 4.78 is 0. The van der Waals surface area contributed by atoms with Crippen LogP contribution in [-0.4, -0.2) is 0 Å². The van der Waals surface area contributed by atoms with Crippen LogP contribution in [0.25, 0.3) is 0 Å². The molecule has 0 atom stereocenters. The van der Waals surface area contributed by atoms with Gasteiger partial charge in [0.05, 0.1) is 0 Å². The first-order valence-electron chi connectivity index (χ1n) is 9.15. The van der Waals surface area contributed by atoms with Crippen molar-refractivity contribution in [2.75, 3.05) is 0 Å². The fourth-order valence-electron chi connectivity index (χ4n) is 2.90. The largest absolute Gasteiger partial charge is 0.0811 e. The van der Waals surface area contributed by atoms with Crippen molar-refractivity contribution in [2.45, 2.75) is 105 Å². The van der Waals surface area contributed by atoms with Crippen LogP contribution in [-0.2, 0) is 0 Å². The van der Waals surface area contributed by atoms with Crippen molar-refractivity contribution < 1.29 is 0 Å². The van der Waals surface area contributed by atoms with Crippen LogP contribution in [0.3, 0.4) is 0 Å². The Labute approximate surface area is 128 Å². The summed E-state index contributed by atoms with van der Waals surface area (Å²) in [5.41, 5.74) is 5.18. The van der Waals surface area contributed by atoms with Gasteiger partial charge >= 0.3 is 0 Å². The Balaban J connectivity index is 5.33. The Morgan fingerprint density at radius 1 is 0.650 bits per heavy atom. The maximum Gasteiger partial charge on any atom is -0.0279 e. The molecule has 0 nitrogen and oxygen atoms in total. The fraction of sp³-hybridized carbons (Fsp3) is 0.800. The third-order valence-electron chi connectivity index (χ3n) is 3.90. The summed E-state index contributed by atoms with van der Waals surface area (Å²) in [6.07, 6.45) is 16.8. The predicted octanol–water partition coefficient (Wildman–Crippen LogP) is 7.60. The Morgan fingerprint density at radius 3 is 1.80 bits per heavy atom. The highest BCUT2D eigenvalue weighted by molar-refractivity contribution is 5.35. The van der Waals surface area contributed by atoms with Gasteiger partial charge in [0.15, 0.2) is 0 Å². The first-order chi connectivity index (χ1) is 9.74. The first kappa shape index (κ1) is 19.5. The SMILES string of the molecule is CCC/C=C(CCC)/C(CCC)=C(\CCC)CCCC. The maximum absolute atomic E-state index is 2.54. The fourth-order valence-corrected chi connectivity index (χ4v) is 2.90. The zero-order chi connectivity index (χ0) is 15.2. The summed E-state index contributed by atoms with van der Waals surface area (Å²) in [5.74, 6) is 0. The molecule has 0 fully saturated rings. The van der Waals surface area contributed by atoms with E-state index in [1.807, 2.05) is 0 Å². The van der Waals surface area contributed by atoms with Gasteiger partial charge in [-0.25, -0.2) is 0 Å². The minimum Gasteiger partial charge on any atom is -0.0811 e. The molecule has 0 aliphatic heterocycles. The molecule has 0 aromatic rings. The van der Waals surface area contributed by atoms with Crippen LogP contribution in [0.4, 0.5) is 0 Å². The summed E-state index contributed by atoms with van der Waals surface area (Å²) in [6.45, 7) is 11.6. The van der Waals surface area contributed by atoms with E-state index in [2.05, 4.69) is 40.7 Å². The number of hydrogen-bond acceptors (Lipinski definition) is 0. The number of unbranched alkanes of at least 4 members (excludes halogenated alkanes) is 2. The molecule has 0 saturated heterocycles. The average Bonchev–Trinajstić information content (AvgIpc) is 2.46. The lowest BCUT2D eigenvalue weighted by molar-refractivity contribution is 0.716. The molecule has 0 heterocycles. The molecule has 0 aliphatic carbocycles. The predicted molar refractivity (Wildman–Crippen MR) is 94.3 cm³/mol. The number of rotatable bonds is 12. The second-order valence-electron chi connectivity index (χ2n) is 5.95. The zero-order valence-corrected chi connectivity index (χ0v) is 14.9. The van der Waals surface area contributed by atoms with Crippen molar-refractivity contribution in [2.24, 2.45) is 0 Å². The van der Waals surface area contributed by atoms with E-state index in [0.29, 0.717) is 0 Å². The van der Waals surface area contributed by atoms with E-state index in [1.165, 1.54) is 70.6 Å². The van der Waals surface area contributed by atoms with Gasteiger partial charge in [-0.05, 0) is 49.7 Å². The quantitative estimate of drug-likeness (QED) is 0.322. The molecule has 0 aromatic carbocycles. The normalized spacial score (nSPS) is 13.6. The van der Waals surface area contributed by atoms with Crippen LogP contribution in [0.1, 0.15) is 105 Å². The zero-order valence-electron chi connectivity index (χ0n) is 14.9. The Kier molecular flexibility index (Phi) is 13.1.